The summed E-state index contributed by atoms with van der Waals surface area (Å²) < 4.78 is 7.79. The van der Waals surface area contributed by atoms with Crippen LogP contribution in [0.4, 0.5) is 0 Å². The summed E-state index contributed by atoms with van der Waals surface area (Å²) >= 11 is 0. The van der Waals surface area contributed by atoms with Gasteiger partial charge in [0.25, 0.3) is 5.91 Å². The van der Waals surface area contributed by atoms with Crippen LogP contribution < -0.4 is 10.1 Å². The molecule has 218 valence electrons. The van der Waals surface area contributed by atoms with Crippen molar-refractivity contribution in [2.24, 2.45) is 0 Å². The Morgan fingerprint density at radius 2 is 1.90 bits per heavy atom. The van der Waals surface area contributed by atoms with Crippen LogP contribution in [0.15, 0.2) is 83.9 Å². The van der Waals surface area contributed by atoms with Crippen LogP contribution in [0.1, 0.15) is 66.2 Å². The lowest BCUT2D eigenvalue weighted by Crippen LogP contribution is -2.25. The lowest BCUT2D eigenvalue weighted by Gasteiger charge is -2.17. The molecule has 0 spiro atoms. The second-order valence-electron chi connectivity index (χ2n) is 10.8. The van der Waals surface area contributed by atoms with E-state index in [1.807, 2.05) is 12.1 Å². The number of amides is 1. The first-order valence-electron chi connectivity index (χ1n) is 15.0. The molecule has 0 bridgehead atoms. The molecule has 2 aliphatic rings. The zero-order chi connectivity index (χ0) is 29.5. The lowest BCUT2D eigenvalue weighted by atomic mass is 9.93. The third-order valence-corrected chi connectivity index (χ3v) is 7.96. The predicted molar refractivity (Wildman–Crippen MR) is 166 cm³/mol. The van der Waals surface area contributed by atoms with Crippen molar-refractivity contribution in [2.75, 3.05) is 26.2 Å². The molecule has 7 heteroatoms. The fraction of sp³-hybridized carbons (Fsp3) is 0.343. The number of carbonyl (C=O) groups is 2. The zero-order valence-corrected chi connectivity index (χ0v) is 24.9. The van der Waals surface area contributed by atoms with Gasteiger partial charge in [0, 0.05) is 30.4 Å². The van der Waals surface area contributed by atoms with Gasteiger partial charge in [-0.25, -0.2) is 0 Å². The molecular formula is C35H40N4O3. The summed E-state index contributed by atoms with van der Waals surface area (Å²) in [5.74, 6) is 0.662. The summed E-state index contributed by atoms with van der Waals surface area (Å²) in [5.41, 5.74) is 7.40. The number of rotatable bonds is 13. The number of Topliss-reactive ketones (excluding diaryl/α,β-unsaturated/α-hetero) is 1. The molecule has 3 aromatic rings. The Labute approximate surface area is 248 Å². The average Bonchev–Trinajstić information content (AvgIpc) is 3.65. The van der Waals surface area contributed by atoms with Gasteiger partial charge in [-0.15, -0.1) is 0 Å². The normalized spacial score (nSPS) is 14.4. The number of aryl methyl sites for hydroxylation is 1. The molecule has 2 aromatic carbocycles. The van der Waals surface area contributed by atoms with Gasteiger partial charge in [0.2, 0.25) is 0 Å². The third kappa shape index (κ3) is 7.15. The van der Waals surface area contributed by atoms with Crippen molar-refractivity contribution in [3.63, 3.8) is 0 Å². The van der Waals surface area contributed by atoms with Gasteiger partial charge in [0.15, 0.2) is 5.78 Å². The Hall–Kier alpha value is -4.23. The first kappa shape index (κ1) is 29.3. The Balaban J connectivity index is 1.20. The molecule has 42 heavy (non-hydrogen) atoms. The van der Waals surface area contributed by atoms with Crippen molar-refractivity contribution in [1.29, 1.82) is 0 Å². The zero-order valence-electron chi connectivity index (χ0n) is 24.9. The maximum Gasteiger partial charge on any atom is 0.258 e. The largest absolute Gasteiger partial charge is 0.494 e. The maximum absolute atomic E-state index is 13.0. The number of hydrogen-bond acceptors (Lipinski definition) is 5. The Kier molecular flexibility index (Phi) is 9.49. The van der Waals surface area contributed by atoms with Gasteiger partial charge in [0.1, 0.15) is 5.75 Å². The fourth-order valence-electron chi connectivity index (χ4n) is 5.47. The summed E-state index contributed by atoms with van der Waals surface area (Å²) in [6.07, 6.45) is 11.9. The molecule has 0 saturated carbocycles. The first-order valence-corrected chi connectivity index (χ1v) is 15.0. The molecule has 1 aromatic heterocycles. The Bertz CT molecular complexity index is 1540. The highest BCUT2D eigenvalue weighted by atomic mass is 16.5. The molecule has 1 amide bonds. The molecule has 1 N–H and O–H groups in total. The minimum atomic E-state index is -0.244. The monoisotopic (exact) mass is 564 g/mol. The van der Waals surface area contributed by atoms with Gasteiger partial charge in [0.05, 0.1) is 24.9 Å². The number of nitrogens with one attached hydrogen (secondary N) is 1. The number of hydrogen-bond donors (Lipinski definition) is 1. The molecule has 0 atom stereocenters. The van der Waals surface area contributed by atoms with Gasteiger partial charge in [-0.05, 0) is 78.4 Å². The van der Waals surface area contributed by atoms with Crippen molar-refractivity contribution in [3.05, 3.63) is 112 Å². The number of carbonyl (C=O) groups excluding carboxylic acids is 2. The molecular weight excluding hydrogens is 524 g/mol. The summed E-state index contributed by atoms with van der Waals surface area (Å²) in [6.45, 7) is 10.9. The Morgan fingerprint density at radius 1 is 1.07 bits per heavy atom. The summed E-state index contributed by atoms with van der Waals surface area (Å²) in [7, 11) is 0. The van der Waals surface area contributed by atoms with E-state index in [9.17, 15) is 9.59 Å². The number of nitrogens with zero attached hydrogens (tertiary/aromatic N) is 3. The van der Waals surface area contributed by atoms with Crippen molar-refractivity contribution in [1.82, 2.24) is 20.0 Å². The van der Waals surface area contributed by atoms with Crippen molar-refractivity contribution in [2.45, 2.75) is 53.0 Å². The summed E-state index contributed by atoms with van der Waals surface area (Å²) in [5, 5.41) is 7.35. The van der Waals surface area contributed by atoms with E-state index < -0.39 is 0 Å². The molecule has 0 fully saturated rings. The molecule has 0 saturated heterocycles. The molecule has 5 rings (SSSR count). The smallest absolute Gasteiger partial charge is 0.258 e. The second kappa shape index (κ2) is 13.6. The number of aromatic nitrogens is 2. The Morgan fingerprint density at radius 3 is 2.71 bits per heavy atom. The van der Waals surface area contributed by atoms with E-state index in [0.717, 1.165) is 54.9 Å². The molecule has 2 aliphatic carbocycles. The lowest BCUT2D eigenvalue weighted by molar-refractivity contribution is -0.114. The van der Waals surface area contributed by atoms with Crippen molar-refractivity contribution >= 4 is 17.8 Å². The number of fused-ring (bicyclic) bond motifs is 1. The van der Waals surface area contributed by atoms with Gasteiger partial charge >= 0.3 is 0 Å². The number of ketones is 1. The van der Waals surface area contributed by atoms with Crippen LogP contribution >= 0.6 is 0 Å². The van der Waals surface area contributed by atoms with Crippen LogP contribution in [0.2, 0.25) is 0 Å². The van der Waals surface area contributed by atoms with E-state index in [0.29, 0.717) is 36.4 Å². The highest BCUT2D eigenvalue weighted by molar-refractivity contribution is 6.04. The summed E-state index contributed by atoms with van der Waals surface area (Å²) in [6, 6.07) is 14.5. The van der Waals surface area contributed by atoms with Crippen LogP contribution in [-0.4, -0.2) is 52.6 Å². The van der Waals surface area contributed by atoms with E-state index in [2.05, 4.69) is 72.5 Å². The number of allylic oxidation sites excluding steroid dienone is 4. The van der Waals surface area contributed by atoms with E-state index in [4.69, 9.17) is 4.74 Å². The topological polar surface area (TPSA) is 76.5 Å². The van der Waals surface area contributed by atoms with Gasteiger partial charge in [-0.3, -0.25) is 14.3 Å². The summed E-state index contributed by atoms with van der Waals surface area (Å²) in [4.78, 5) is 28.3. The first-order chi connectivity index (χ1) is 20.4. The fourth-order valence-corrected chi connectivity index (χ4v) is 5.47. The molecule has 0 aliphatic heterocycles. The van der Waals surface area contributed by atoms with Crippen LogP contribution in [-0.2, 0) is 24.2 Å². The van der Waals surface area contributed by atoms with E-state index >= 15 is 0 Å². The van der Waals surface area contributed by atoms with Gasteiger partial charge in [-0.2, -0.15) is 5.10 Å². The number of ether oxygens (including phenoxy) is 1. The van der Waals surface area contributed by atoms with Crippen molar-refractivity contribution in [3.8, 4) is 5.75 Å². The quantitative estimate of drug-likeness (QED) is 0.267. The van der Waals surface area contributed by atoms with Crippen LogP contribution in [0, 0.1) is 0 Å². The average molecular weight is 565 g/mol. The molecule has 0 radical (unpaired) electrons. The van der Waals surface area contributed by atoms with Gasteiger partial charge in [-0.1, -0.05) is 63.3 Å². The number of benzene rings is 2. The SMILES string of the molecule is CCc1cccc(Cn2cc(C(=O)NC3=CCC(=O)C(C4=Cc5cc(OCCCN(CC)CC)ccc5C4)=C3)cn2)c1. The van der Waals surface area contributed by atoms with E-state index in [-0.39, 0.29) is 18.1 Å². The second-order valence-corrected chi connectivity index (χ2v) is 10.8. The third-order valence-electron chi connectivity index (χ3n) is 7.96. The van der Waals surface area contributed by atoms with Crippen molar-refractivity contribution < 1.29 is 14.3 Å². The molecule has 7 nitrogen and oxygen atoms in total. The minimum absolute atomic E-state index is 0.0575. The highest BCUT2D eigenvalue weighted by Gasteiger charge is 2.24. The van der Waals surface area contributed by atoms with E-state index in [1.165, 1.54) is 11.1 Å². The van der Waals surface area contributed by atoms with Crippen LogP contribution in [0.3, 0.4) is 0 Å². The van der Waals surface area contributed by atoms with Crippen LogP contribution in [0.25, 0.3) is 6.08 Å². The van der Waals surface area contributed by atoms with E-state index in [1.54, 1.807) is 29.2 Å². The molecule has 0 unspecified atom stereocenters. The molecule has 1 heterocycles. The predicted octanol–water partition coefficient (Wildman–Crippen LogP) is 5.76. The maximum atomic E-state index is 13.0. The standard InChI is InChI=1S/C35H40N4O3/c1-4-25-9-7-10-26(17-25)23-39-24-30(22-36-39)35(41)37-31-12-14-34(40)33(21-31)29-18-27-11-13-32(20-28(27)19-29)42-16-8-15-38(5-2)6-3/h7,9-13,17,19-22,24H,4-6,8,14-16,18,23H2,1-3H3,(H,37,41). The van der Waals surface area contributed by atoms with Crippen LogP contribution in [0.5, 0.6) is 5.75 Å². The highest BCUT2D eigenvalue weighted by Crippen LogP contribution is 2.34. The van der Waals surface area contributed by atoms with Gasteiger partial charge < -0.3 is 15.0 Å². The minimum Gasteiger partial charge on any atom is -0.494 e.